The van der Waals surface area contributed by atoms with E-state index in [2.05, 4.69) is 18.8 Å². The second-order valence-electron chi connectivity index (χ2n) is 8.56. The number of benzene rings is 3. The molecule has 32 heavy (non-hydrogen) atoms. The van der Waals surface area contributed by atoms with Crippen molar-refractivity contribution in [1.82, 2.24) is 0 Å². The van der Waals surface area contributed by atoms with Crippen LogP contribution in [0.3, 0.4) is 0 Å². The minimum absolute atomic E-state index is 0.226. The number of nitrogens with zero attached hydrogens (tertiary/aromatic N) is 1. The van der Waals surface area contributed by atoms with Gasteiger partial charge in [-0.1, -0.05) is 26.0 Å². The van der Waals surface area contributed by atoms with Gasteiger partial charge in [-0.05, 0) is 67.1 Å². The number of aromatic carboxylic acids is 1. The number of nitrogen functional groups attached to an aromatic ring is 1. The average Bonchev–Trinajstić information content (AvgIpc) is 2.74. The van der Waals surface area contributed by atoms with Gasteiger partial charge in [-0.25, -0.2) is 4.79 Å². The monoisotopic (exact) mass is 428 g/mol. The van der Waals surface area contributed by atoms with E-state index in [0.29, 0.717) is 29.1 Å². The zero-order valence-corrected chi connectivity index (χ0v) is 19.1. The molecule has 1 aliphatic carbocycles. The fraction of sp³-hybridized carbons (Fsp3) is 0.259. The molecule has 0 atom stereocenters. The molecule has 0 unspecified atom stereocenters. The molecule has 0 amide bonds. The van der Waals surface area contributed by atoms with Crippen LogP contribution in [0.15, 0.2) is 51.9 Å². The maximum atomic E-state index is 12.3. The highest BCUT2D eigenvalue weighted by atomic mass is 16.4. The summed E-state index contributed by atoms with van der Waals surface area (Å²) in [6.07, 6.45) is 0. The summed E-state index contributed by atoms with van der Waals surface area (Å²) in [6, 6.07) is 13.5. The number of nitrogens with two attached hydrogens (primary N) is 1. The van der Waals surface area contributed by atoms with Crippen LogP contribution in [-0.2, 0) is 0 Å². The Labute approximate surface area is 187 Å². The Morgan fingerprint density at radius 2 is 1.81 bits per heavy atom. The molecule has 0 fully saturated rings. The van der Waals surface area contributed by atoms with E-state index in [0.717, 1.165) is 38.6 Å². The summed E-state index contributed by atoms with van der Waals surface area (Å²) in [7, 11) is 0. The van der Waals surface area contributed by atoms with E-state index < -0.39 is 5.97 Å². The van der Waals surface area contributed by atoms with Crippen molar-refractivity contribution in [3.05, 3.63) is 70.1 Å². The lowest BCUT2D eigenvalue weighted by molar-refractivity contribution is 0.0697. The van der Waals surface area contributed by atoms with E-state index in [1.165, 1.54) is 0 Å². The molecule has 5 nitrogen and oxygen atoms in total. The van der Waals surface area contributed by atoms with Gasteiger partial charge in [0.1, 0.15) is 11.3 Å². The third kappa shape index (κ3) is 3.64. The fourth-order valence-corrected chi connectivity index (χ4v) is 4.15. The number of hydrogen-bond acceptors (Lipinski definition) is 4. The summed E-state index contributed by atoms with van der Waals surface area (Å²) in [5.41, 5.74) is 13.0. The molecule has 164 valence electrons. The molecule has 0 radical (unpaired) electrons. The number of hydrogen-bond donors (Lipinski definition) is 2. The number of carboxylic acid groups (broad SMARTS) is 1. The van der Waals surface area contributed by atoms with Crippen LogP contribution in [0.2, 0.25) is 0 Å². The Morgan fingerprint density at radius 3 is 2.47 bits per heavy atom. The van der Waals surface area contributed by atoms with Gasteiger partial charge in [0.2, 0.25) is 0 Å². The highest BCUT2D eigenvalue weighted by molar-refractivity contribution is 6.08. The number of carboxylic acids is 1. The zero-order chi connectivity index (χ0) is 23.2. The molecule has 0 bridgehead atoms. The van der Waals surface area contributed by atoms with Crippen LogP contribution in [0.4, 0.5) is 5.69 Å². The predicted octanol–water partition coefficient (Wildman–Crippen LogP) is 6.15. The maximum absolute atomic E-state index is 12.3. The molecule has 0 aromatic heterocycles. The molecule has 0 saturated heterocycles. The Hall–Kier alpha value is -3.60. The molecule has 1 heterocycles. The van der Waals surface area contributed by atoms with E-state index in [9.17, 15) is 9.90 Å². The molecule has 0 spiro atoms. The highest BCUT2D eigenvalue weighted by Crippen LogP contribution is 2.43. The summed E-state index contributed by atoms with van der Waals surface area (Å²) in [6.45, 7) is 10.7. The zero-order valence-electron chi connectivity index (χ0n) is 19.1. The minimum atomic E-state index is -0.953. The Kier molecular flexibility index (Phi) is 5.51. The van der Waals surface area contributed by atoms with E-state index in [1.807, 2.05) is 57.2 Å². The third-order valence-electron chi connectivity index (χ3n) is 5.96. The van der Waals surface area contributed by atoms with E-state index in [-0.39, 0.29) is 11.5 Å². The van der Waals surface area contributed by atoms with Gasteiger partial charge in [0, 0.05) is 40.9 Å². The molecule has 4 rings (SSSR count). The van der Waals surface area contributed by atoms with Gasteiger partial charge in [-0.2, -0.15) is 0 Å². The predicted molar refractivity (Wildman–Crippen MR) is 129 cm³/mol. The first kappa shape index (κ1) is 21.6. The van der Waals surface area contributed by atoms with E-state index >= 15 is 0 Å². The van der Waals surface area contributed by atoms with E-state index in [1.54, 1.807) is 6.07 Å². The summed E-state index contributed by atoms with van der Waals surface area (Å²) >= 11 is 0. The summed E-state index contributed by atoms with van der Waals surface area (Å²) in [5, 5.41) is 11.8. The largest absolute Gasteiger partial charge is 0.478 e. The minimum Gasteiger partial charge on any atom is -0.478 e. The molecule has 1 aliphatic heterocycles. The first-order chi connectivity index (χ1) is 15.2. The summed E-state index contributed by atoms with van der Waals surface area (Å²) in [5.74, 6) is -0.0761. The summed E-state index contributed by atoms with van der Waals surface area (Å²) < 4.78 is 6.26. The SMILES string of the molecule is CCN=c1cc2oc3cc(N)c(C)cc3c(-c3ccc(C(C)C)cc3C(=O)O)c-2cc1C. The second kappa shape index (κ2) is 8.15. The summed E-state index contributed by atoms with van der Waals surface area (Å²) in [4.78, 5) is 16.9. The maximum Gasteiger partial charge on any atom is 0.336 e. The van der Waals surface area contributed by atoms with Gasteiger partial charge < -0.3 is 15.3 Å². The Morgan fingerprint density at radius 1 is 1.06 bits per heavy atom. The van der Waals surface area contributed by atoms with Crippen LogP contribution in [0.25, 0.3) is 33.4 Å². The number of carbonyl (C=O) groups is 1. The average molecular weight is 429 g/mol. The van der Waals surface area contributed by atoms with Crippen molar-refractivity contribution >= 4 is 22.6 Å². The van der Waals surface area contributed by atoms with Gasteiger partial charge in [0.05, 0.1) is 10.9 Å². The van der Waals surface area contributed by atoms with Crippen LogP contribution < -0.4 is 11.1 Å². The normalized spacial score (nSPS) is 12.2. The molecule has 2 aromatic carbocycles. The number of rotatable bonds is 4. The van der Waals surface area contributed by atoms with Crippen molar-refractivity contribution in [2.75, 3.05) is 12.3 Å². The number of aryl methyl sites for hydroxylation is 2. The van der Waals surface area contributed by atoms with Crippen LogP contribution in [-0.4, -0.2) is 17.6 Å². The first-order valence-electron chi connectivity index (χ1n) is 10.9. The van der Waals surface area contributed by atoms with Gasteiger partial charge in [-0.15, -0.1) is 0 Å². The molecular weight excluding hydrogens is 400 g/mol. The lowest BCUT2D eigenvalue weighted by Gasteiger charge is -2.19. The van der Waals surface area contributed by atoms with Crippen molar-refractivity contribution in [2.24, 2.45) is 4.99 Å². The van der Waals surface area contributed by atoms with Gasteiger partial charge >= 0.3 is 5.97 Å². The molecule has 3 N–H and O–H groups in total. The molecular formula is C27H28N2O3. The van der Waals surface area contributed by atoms with Gasteiger partial charge in [-0.3, -0.25) is 4.99 Å². The lowest BCUT2D eigenvalue weighted by Crippen LogP contribution is -2.09. The van der Waals surface area contributed by atoms with Crippen molar-refractivity contribution in [3.8, 4) is 22.5 Å². The number of fused-ring (bicyclic) bond motifs is 2. The fourth-order valence-electron chi connectivity index (χ4n) is 4.15. The van der Waals surface area contributed by atoms with Crippen molar-refractivity contribution < 1.29 is 14.3 Å². The van der Waals surface area contributed by atoms with Gasteiger partial charge in [0.15, 0.2) is 0 Å². The first-order valence-corrected chi connectivity index (χ1v) is 10.9. The van der Waals surface area contributed by atoms with Crippen molar-refractivity contribution in [1.29, 1.82) is 0 Å². The third-order valence-corrected chi connectivity index (χ3v) is 5.96. The quantitative estimate of drug-likeness (QED) is 0.301. The van der Waals surface area contributed by atoms with Crippen LogP contribution in [0.1, 0.15) is 53.7 Å². The van der Waals surface area contributed by atoms with Crippen LogP contribution in [0.5, 0.6) is 0 Å². The Bertz CT molecular complexity index is 1400. The molecule has 5 heteroatoms. The molecule has 0 saturated carbocycles. The smallest absolute Gasteiger partial charge is 0.336 e. The van der Waals surface area contributed by atoms with Crippen LogP contribution >= 0.6 is 0 Å². The van der Waals surface area contributed by atoms with Crippen LogP contribution in [0, 0.1) is 13.8 Å². The Balaban J connectivity index is 2.20. The standard InChI is InChI=1S/C27H28N2O3/c1-6-29-23-13-25-21(10-16(23)5)26(20-9-15(4)22(28)12-24(20)32-25)18-8-7-17(14(2)3)11-19(18)27(30)31/h7-14H,6,28H2,1-5H3,(H,30,31). The highest BCUT2D eigenvalue weighted by Gasteiger charge is 2.23. The van der Waals surface area contributed by atoms with Gasteiger partial charge in [0.25, 0.3) is 0 Å². The van der Waals surface area contributed by atoms with E-state index in [4.69, 9.17) is 10.2 Å². The lowest BCUT2D eigenvalue weighted by atomic mass is 9.87. The topological polar surface area (TPSA) is 88.8 Å². The van der Waals surface area contributed by atoms with Crippen molar-refractivity contribution in [3.63, 3.8) is 0 Å². The van der Waals surface area contributed by atoms with Crippen molar-refractivity contribution in [2.45, 2.75) is 40.5 Å². The number of anilines is 1. The second-order valence-corrected chi connectivity index (χ2v) is 8.56. The molecule has 2 aromatic rings. The molecule has 2 aliphatic rings.